The molecule has 3 aromatic rings. The molecule has 3 N–H and O–H groups in total. The predicted octanol–water partition coefficient (Wildman–Crippen LogP) is 3.64. The Bertz CT molecular complexity index is 976. The normalized spacial score (nSPS) is 16.0. The average Bonchev–Trinajstić information content (AvgIpc) is 3.00. The van der Waals surface area contributed by atoms with E-state index >= 15 is 0 Å². The Morgan fingerprint density at radius 1 is 1.19 bits per heavy atom. The van der Waals surface area contributed by atoms with E-state index in [2.05, 4.69) is 37.4 Å². The minimum atomic E-state index is -0.687. The van der Waals surface area contributed by atoms with Crippen molar-refractivity contribution < 1.29 is 9.90 Å². The standard InChI is InChI=1S/C20H21BrN4O2/c21-15-3-1-13(2-4-15)19-17(25-11-16(22)5-6-18(25)23-19)12-24-9-7-14(8-10-24)20(26)27/h1-6,11,14H,7-10,12,22H2,(H,26,27). The second-order valence-electron chi connectivity index (χ2n) is 6.99. The molecule has 1 fully saturated rings. The number of halogens is 1. The number of pyridine rings is 1. The van der Waals surface area contributed by atoms with Crippen LogP contribution in [0.1, 0.15) is 18.5 Å². The molecule has 6 nitrogen and oxygen atoms in total. The first-order valence-corrected chi connectivity index (χ1v) is 9.78. The van der Waals surface area contributed by atoms with E-state index in [4.69, 9.17) is 10.7 Å². The number of nitrogens with zero attached hydrogens (tertiary/aromatic N) is 3. The van der Waals surface area contributed by atoms with Crippen LogP contribution in [-0.4, -0.2) is 38.4 Å². The quantitative estimate of drug-likeness (QED) is 0.662. The van der Waals surface area contributed by atoms with E-state index in [0.717, 1.165) is 40.2 Å². The number of hydrogen-bond donors (Lipinski definition) is 2. The molecule has 140 valence electrons. The number of likely N-dealkylation sites (tertiary alicyclic amines) is 1. The third-order valence-corrected chi connectivity index (χ3v) is 5.70. The monoisotopic (exact) mass is 428 g/mol. The number of nitrogen functional groups attached to an aromatic ring is 1. The average molecular weight is 429 g/mol. The van der Waals surface area contributed by atoms with Gasteiger partial charge in [0.1, 0.15) is 5.65 Å². The highest BCUT2D eigenvalue weighted by Gasteiger charge is 2.26. The molecule has 0 unspecified atom stereocenters. The molecule has 7 heteroatoms. The van der Waals surface area contributed by atoms with E-state index in [0.29, 0.717) is 25.1 Å². The number of rotatable bonds is 4. The Kier molecular flexibility index (Phi) is 4.88. The van der Waals surface area contributed by atoms with Gasteiger partial charge in [0.25, 0.3) is 0 Å². The minimum Gasteiger partial charge on any atom is -0.481 e. The maximum Gasteiger partial charge on any atom is 0.306 e. The maximum absolute atomic E-state index is 11.2. The van der Waals surface area contributed by atoms with Gasteiger partial charge in [-0.1, -0.05) is 28.1 Å². The minimum absolute atomic E-state index is 0.231. The summed E-state index contributed by atoms with van der Waals surface area (Å²) in [6.45, 7) is 2.25. The fraction of sp³-hybridized carbons (Fsp3) is 0.300. The zero-order valence-corrected chi connectivity index (χ0v) is 16.4. The van der Waals surface area contributed by atoms with Crippen molar-refractivity contribution in [2.75, 3.05) is 18.8 Å². The van der Waals surface area contributed by atoms with E-state index < -0.39 is 5.97 Å². The summed E-state index contributed by atoms with van der Waals surface area (Å²) < 4.78 is 3.08. The van der Waals surface area contributed by atoms with E-state index in [9.17, 15) is 9.90 Å². The van der Waals surface area contributed by atoms with Gasteiger partial charge in [-0.3, -0.25) is 9.69 Å². The number of benzene rings is 1. The van der Waals surface area contributed by atoms with Gasteiger partial charge in [-0.15, -0.1) is 0 Å². The van der Waals surface area contributed by atoms with Gasteiger partial charge in [-0.25, -0.2) is 4.98 Å². The van der Waals surface area contributed by atoms with Gasteiger partial charge in [-0.2, -0.15) is 0 Å². The van der Waals surface area contributed by atoms with Gasteiger partial charge in [0.05, 0.1) is 17.3 Å². The van der Waals surface area contributed by atoms with Crippen LogP contribution in [0.3, 0.4) is 0 Å². The summed E-state index contributed by atoms with van der Waals surface area (Å²) in [7, 11) is 0. The van der Waals surface area contributed by atoms with Gasteiger partial charge in [0.2, 0.25) is 0 Å². The molecule has 0 radical (unpaired) electrons. The summed E-state index contributed by atoms with van der Waals surface area (Å²) >= 11 is 3.48. The number of hydrogen-bond acceptors (Lipinski definition) is 4. The van der Waals surface area contributed by atoms with Crippen molar-refractivity contribution in [2.45, 2.75) is 19.4 Å². The first-order chi connectivity index (χ1) is 13.0. The summed E-state index contributed by atoms with van der Waals surface area (Å²) in [4.78, 5) is 18.3. The lowest BCUT2D eigenvalue weighted by atomic mass is 9.97. The van der Waals surface area contributed by atoms with Crippen molar-refractivity contribution in [1.82, 2.24) is 14.3 Å². The number of carbonyl (C=O) groups is 1. The van der Waals surface area contributed by atoms with E-state index in [1.165, 1.54) is 0 Å². The third kappa shape index (κ3) is 3.70. The Balaban J connectivity index is 1.69. The molecule has 0 amide bonds. The van der Waals surface area contributed by atoms with Crippen molar-refractivity contribution in [1.29, 1.82) is 0 Å². The van der Waals surface area contributed by atoms with Crippen LogP contribution in [0.25, 0.3) is 16.9 Å². The van der Waals surface area contributed by atoms with Crippen molar-refractivity contribution in [2.24, 2.45) is 5.92 Å². The molecule has 1 aromatic carbocycles. The van der Waals surface area contributed by atoms with Gasteiger partial charge in [0.15, 0.2) is 0 Å². The molecule has 0 saturated carbocycles. The van der Waals surface area contributed by atoms with Gasteiger partial charge >= 0.3 is 5.97 Å². The van der Waals surface area contributed by atoms with Gasteiger partial charge in [-0.05, 0) is 50.2 Å². The van der Waals surface area contributed by atoms with E-state index in [1.54, 1.807) is 0 Å². The highest BCUT2D eigenvalue weighted by Crippen LogP contribution is 2.29. The second kappa shape index (κ2) is 7.32. The smallest absolute Gasteiger partial charge is 0.306 e. The first-order valence-electron chi connectivity index (χ1n) is 8.99. The van der Waals surface area contributed by atoms with Crippen LogP contribution in [0.2, 0.25) is 0 Å². The number of nitrogens with two attached hydrogens (primary N) is 1. The Morgan fingerprint density at radius 2 is 1.89 bits per heavy atom. The molecule has 0 aliphatic carbocycles. The van der Waals surface area contributed by atoms with Crippen LogP contribution in [0.15, 0.2) is 47.1 Å². The summed E-state index contributed by atoms with van der Waals surface area (Å²) in [6, 6.07) is 11.9. The highest BCUT2D eigenvalue weighted by atomic mass is 79.9. The Hall–Kier alpha value is -2.38. The zero-order valence-electron chi connectivity index (χ0n) is 14.8. The van der Waals surface area contributed by atoms with Crippen LogP contribution in [0, 0.1) is 5.92 Å². The van der Waals surface area contributed by atoms with Gasteiger partial charge < -0.3 is 15.2 Å². The van der Waals surface area contributed by atoms with Crippen LogP contribution in [-0.2, 0) is 11.3 Å². The summed E-state index contributed by atoms with van der Waals surface area (Å²) in [5.41, 5.74) is 10.6. The van der Waals surface area contributed by atoms with Crippen molar-refractivity contribution >= 4 is 33.2 Å². The highest BCUT2D eigenvalue weighted by molar-refractivity contribution is 9.10. The molecule has 1 aliphatic heterocycles. The van der Waals surface area contributed by atoms with Crippen LogP contribution in [0.5, 0.6) is 0 Å². The van der Waals surface area contributed by atoms with E-state index in [1.807, 2.05) is 30.5 Å². The number of carboxylic acid groups (broad SMARTS) is 1. The summed E-state index contributed by atoms with van der Waals surface area (Å²) in [5.74, 6) is -0.919. The molecule has 1 aliphatic rings. The maximum atomic E-state index is 11.2. The lowest BCUT2D eigenvalue weighted by Gasteiger charge is -2.30. The number of aliphatic carboxylic acids is 1. The molecule has 0 spiro atoms. The van der Waals surface area contributed by atoms with Crippen LogP contribution >= 0.6 is 15.9 Å². The van der Waals surface area contributed by atoms with Crippen LogP contribution < -0.4 is 5.73 Å². The number of carboxylic acids is 1. The first kappa shape index (κ1) is 18.0. The number of aromatic nitrogens is 2. The molecule has 27 heavy (non-hydrogen) atoms. The SMILES string of the molecule is Nc1ccc2nc(-c3ccc(Br)cc3)c(CN3CCC(C(=O)O)CC3)n2c1. The molecule has 4 rings (SSSR count). The third-order valence-electron chi connectivity index (χ3n) is 5.17. The van der Waals surface area contributed by atoms with E-state index in [-0.39, 0.29) is 5.92 Å². The molecular formula is C20H21BrN4O2. The summed E-state index contributed by atoms with van der Waals surface area (Å²) in [5, 5.41) is 9.22. The van der Waals surface area contributed by atoms with Crippen molar-refractivity contribution in [3.8, 4) is 11.3 Å². The fourth-order valence-corrected chi connectivity index (χ4v) is 3.91. The molecule has 1 saturated heterocycles. The largest absolute Gasteiger partial charge is 0.481 e. The second-order valence-corrected chi connectivity index (χ2v) is 7.91. The molecular weight excluding hydrogens is 408 g/mol. The number of fused-ring (bicyclic) bond motifs is 1. The predicted molar refractivity (Wildman–Crippen MR) is 108 cm³/mol. The Morgan fingerprint density at radius 3 is 2.56 bits per heavy atom. The lowest BCUT2D eigenvalue weighted by molar-refractivity contribution is -0.143. The topological polar surface area (TPSA) is 83.9 Å². The van der Waals surface area contributed by atoms with Gasteiger partial charge in [0, 0.05) is 28.5 Å². The van der Waals surface area contributed by atoms with Crippen molar-refractivity contribution in [3.63, 3.8) is 0 Å². The molecule has 0 bridgehead atoms. The fourth-order valence-electron chi connectivity index (χ4n) is 3.65. The molecule has 0 atom stereocenters. The van der Waals surface area contributed by atoms with Crippen LogP contribution in [0.4, 0.5) is 5.69 Å². The number of anilines is 1. The Labute approximate surface area is 165 Å². The number of imidazole rings is 1. The summed E-state index contributed by atoms with van der Waals surface area (Å²) in [6.07, 6.45) is 3.27. The number of piperidine rings is 1. The molecule has 2 aromatic heterocycles. The lowest BCUT2D eigenvalue weighted by Crippen LogP contribution is -2.36. The zero-order chi connectivity index (χ0) is 19.0. The molecule has 3 heterocycles. The van der Waals surface area contributed by atoms with Crippen molar-refractivity contribution in [3.05, 3.63) is 52.8 Å².